The third-order valence-electron chi connectivity index (χ3n) is 4.41. The maximum Gasteiger partial charge on any atom is 0.226 e. The molecule has 1 atom stereocenters. The van der Waals surface area contributed by atoms with Gasteiger partial charge in [-0.05, 0) is 62.0 Å². The van der Waals surface area contributed by atoms with E-state index in [0.717, 1.165) is 35.8 Å². The minimum Gasteiger partial charge on any atom is -0.316 e. The molecule has 1 aliphatic heterocycles. The average Bonchev–Trinajstić information content (AvgIpc) is 3.20. The Hall–Kier alpha value is -1.14. The fourth-order valence-electron chi connectivity index (χ4n) is 2.97. The van der Waals surface area contributed by atoms with Crippen LogP contribution < -0.4 is 10.6 Å². The number of carbonyl (C=O) groups excluding carboxylic acids is 1. The molecular weight excluding hydrogens is 377 g/mol. The normalized spacial score (nSPS) is 16.5. The van der Waals surface area contributed by atoms with E-state index in [1.807, 2.05) is 24.4 Å². The number of nitrogens with zero attached hydrogens (tertiary/aromatic N) is 1. The smallest absolute Gasteiger partial charge is 0.226 e. The molecule has 1 amide bonds. The number of carbonyl (C=O) groups is 1. The number of aromatic nitrogens is 1. The summed E-state index contributed by atoms with van der Waals surface area (Å²) in [6.45, 7) is 4.17. The van der Waals surface area contributed by atoms with E-state index >= 15 is 0 Å². The molecule has 2 aromatic rings. The number of benzene rings is 1. The first-order valence-electron chi connectivity index (χ1n) is 8.30. The zero-order valence-corrected chi connectivity index (χ0v) is 16.6. The molecule has 0 radical (unpaired) electrons. The minimum absolute atomic E-state index is 0. The molecule has 0 saturated carbocycles. The largest absolute Gasteiger partial charge is 0.316 e. The highest BCUT2D eigenvalue weighted by Crippen LogP contribution is 2.24. The van der Waals surface area contributed by atoms with Crippen molar-refractivity contribution < 1.29 is 4.79 Å². The van der Waals surface area contributed by atoms with Crippen LogP contribution in [0.15, 0.2) is 24.4 Å². The fourth-order valence-corrected chi connectivity index (χ4v) is 4.05. The summed E-state index contributed by atoms with van der Waals surface area (Å²) >= 11 is 7.54. The standard InChI is InChI=1S/C18H22ClN3OS.ClH/c1-12-8-15(19)4-3-14(12)9-16-11-21-18(24-16)22-17(23)5-2-13-6-7-20-10-13;/h3-4,8,11,13,20H,2,5-7,9-10H2,1H3,(H,21,22,23);1H. The zero-order chi connectivity index (χ0) is 16.9. The Morgan fingerprint density at radius 1 is 1.48 bits per heavy atom. The minimum atomic E-state index is 0. The SMILES string of the molecule is Cc1cc(Cl)ccc1Cc1cnc(NC(=O)CCC2CCNC2)s1.Cl. The van der Waals surface area contributed by atoms with Crippen LogP contribution >= 0.6 is 35.3 Å². The van der Waals surface area contributed by atoms with Gasteiger partial charge in [0.25, 0.3) is 0 Å². The van der Waals surface area contributed by atoms with Crippen LogP contribution in [0, 0.1) is 12.8 Å². The van der Waals surface area contributed by atoms with Crippen LogP contribution in [-0.2, 0) is 11.2 Å². The fraction of sp³-hybridized carbons (Fsp3) is 0.444. The molecule has 136 valence electrons. The Balaban J connectivity index is 0.00000225. The highest BCUT2D eigenvalue weighted by Gasteiger charge is 2.16. The van der Waals surface area contributed by atoms with Crippen molar-refractivity contribution >= 4 is 46.4 Å². The molecule has 25 heavy (non-hydrogen) atoms. The summed E-state index contributed by atoms with van der Waals surface area (Å²) in [6.07, 6.45) is 5.34. The van der Waals surface area contributed by atoms with Gasteiger partial charge in [0, 0.05) is 28.9 Å². The predicted octanol–water partition coefficient (Wildman–Crippen LogP) is 4.45. The lowest BCUT2D eigenvalue weighted by molar-refractivity contribution is -0.116. The number of thiazole rings is 1. The van der Waals surface area contributed by atoms with Gasteiger partial charge in [-0.25, -0.2) is 4.98 Å². The van der Waals surface area contributed by atoms with Crippen molar-refractivity contribution in [1.82, 2.24) is 10.3 Å². The Morgan fingerprint density at radius 2 is 2.32 bits per heavy atom. The summed E-state index contributed by atoms with van der Waals surface area (Å²) in [6, 6.07) is 5.93. The second-order valence-corrected chi connectivity index (χ2v) is 7.88. The molecule has 0 spiro atoms. The molecule has 1 aromatic carbocycles. The summed E-state index contributed by atoms with van der Waals surface area (Å²) in [7, 11) is 0. The number of amides is 1. The third-order valence-corrected chi connectivity index (χ3v) is 5.56. The monoisotopic (exact) mass is 399 g/mol. The van der Waals surface area contributed by atoms with E-state index in [1.165, 1.54) is 28.9 Å². The van der Waals surface area contributed by atoms with Gasteiger partial charge in [0.1, 0.15) is 0 Å². The molecule has 7 heteroatoms. The number of rotatable bonds is 6. The van der Waals surface area contributed by atoms with Gasteiger partial charge in [-0.15, -0.1) is 23.7 Å². The molecule has 2 heterocycles. The van der Waals surface area contributed by atoms with Crippen molar-refractivity contribution in [3.8, 4) is 0 Å². The summed E-state index contributed by atoms with van der Waals surface area (Å²) in [4.78, 5) is 17.5. The number of hydrogen-bond acceptors (Lipinski definition) is 4. The van der Waals surface area contributed by atoms with Gasteiger partial charge >= 0.3 is 0 Å². The van der Waals surface area contributed by atoms with Gasteiger partial charge in [-0.2, -0.15) is 0 Å². The maximum absolute atomic E-state index is 12.0. The van der Waals surface area contributed by atoms with E-state index in [4.69, 9.17) is 11.6 Å². The zero-order valence-electron chi connectivity index (χ0n) is 14.2. The van der Waals surface area contributed by atoms with Gasteiger partial charge < -0.3 is 10.6 Å². The van der Waals surface area contributed by atoms with Crippen molar-refractivity contribution in [2.45, 2.75) is 32.6 Å². The third kappa shape index (κ3) is 5.96. The van der Waals surface area contributed by atoms with Crippen LogP contribution in [0.25, 0.3) is 0 Å². The summed E-state index contributed by atoms with van der Waals surface area (Å²) in [5.74, 6) is 0.695. The van der Waals surface area contributed by atoms with Crippen LogP contribution in [0.1, 0.15) is 35.3 Å². The van der Waals surface area contributed by atoms with Gasteiger partial charge in [0.2, 0.25) is 5.91 Å². The van der Waals surface area contributed by atoms with Gasteiger partial charge in [-0.3, -0.25) is 4.79 Å². The quantitative estimate of drug-likeness (QED) is 0.754. The Bertz CT molecular complexity index is 714. The highest BCUT2D eigenvalue weighted by atomic mass is 35.5. The summed E-state index contributed by atoms with van der Waals surface area (Å²) in [5, 5.41) is 7.69. The Labute approximate surface area is 163 Å². The predicted molar refractivity (Wildman–Crippen MR) is 107 cm³/mol. The van der Waals surface area contributed by atoms with E-state index in [9.17, 15) is 4.79 Å². The summed E-state index contributed by atoms with van der Waals surface area (Å²) in [5.41, 5.74) is 2.40. The van der Waals surface area contributed by atoms with Gasteiger partial charge in [-0.1, -0.05) is 17.7 Å². The Kier molecular flexibility index (Phi) is 7.69. The van der Waals surface area contributed by atoms with E-state index in [0.29, 0.717) is 17.5 Å². The summed E-state index contributed by atoms with van der Waals surface area (Å²) < 4.78 is 0. The molecular formula is C18H23Cl2N3OS. The van der Waals surface area contributed by atoms with Crippen LogP contribution in [0.3, 0.4) is 0 Å². The molecule has 1 saturated heterocycles. The number of nitrogens with one attached hydrogen (secondary N) is 2. The first kappa shape index (κ1) is 20.2. The number of halogens is 2. The molecule has 1 fully saturated rings. The first-order chi connectivity index (χ1) is 11.6. The molecule has 1 aromatic heterocycles. The van der Waals surface area contributed by atoms with Gasteiger partial charge in [0.15, 0.2) is 5.13 Å². The van der Waals surface area contributed by atoms with Crippen molar-refractivity contribution in [2.75, 3.05) is 18.4 Å². The van der Waals surface area contributed by atoms with Crippen molar-refractivity contribution in [3.63, 3.8) is 0 Å². The molecule has 0 bridgehead atoms. The van der Waals surface area contributed by atoms with Crippen molar-refractivity contribution in [2.24, 2.45) is 5.92 Å². The molecule has 2 N–H and O–H groups in total. The topological polar surface area (TPSA) is 54.0 Å². The molecule has 1 aliphatic rings. The van der Waals surface area contributed by atoms with Crippen LogP contribution in [0.2, 0.25) is 5.02 Å². The molecule has 1 unspecified atom stereocenters. The van der Waals surface area contributed by atoms with E-state index in [2.05, 4.69) is 22.5 Å². The second-order valence-electron chi connectivity index (χ2n) is 6.32. The van der Waals surface area contributed by atoms with Crippen molar-refractivity contribution in [1.29, 1.82) is 0 Å². The lowest BCUT2D eigenvalue weighted by Crippen LogP contribution is -2.14. The number of hydrogen-bond donors (Lipinski definition) is 2. The van der Waals surface area contributed by atoms with Crippen LogP contribution in [0.5, 0.6) is 0 Å². The Morgan fingerprint density at radius 3 is 3.04 bits per heavy atom. The van der Waals surface area contributed by atoms with E-state index < -0.39 is 0 Å². The van der Waals surface area contributed by atoms with Gasteiger partial charge in [0.05, 0.1) is 0 Å². The number of anilines is 1. The maximum atomic E-state index is 12.0. The highest BCUT2D eigenvalue weighted by molar-refractivity contribution is 7.15. The average molecular weight is 400 g/mol. The van der Waals surface area contributed by atoms with Crippen molar-refractivity contribution in [3.05, 3.63) is 45.4 Å². The first-order valence-corrected chi connectivity index (χ1v) is 9.50. The second kappa shape index (κ2) is 9.53. The molecule has 4 nitrogen and oxygen atoms in total. The van der Waals surface area contributed by atoms with E-state index in [1.54, 1.807) is 0 Å². The van der Waals surface area contributed by atoms with Crippen LogP contribution in [0.4, 0.5) is 5.13 Å². The lowest BCUT2D eigenvalue weighted by Gasteiger charge is -2.07. The molecule has 3 rings (SSSR count). The van der Waals surface area contributed by atoms with Crippen LogP contribution in [-0.4, -0.2) is 24.0 Å². The molecule has 0 aliphatic carbocycles. The lowest BCUT2D eigenvalue weighted by atomic mass is 10.0. The number of aryl methyl sites for hydroxylation is 1. The van der Waals surface area contributed by atoms with E-state index in [-0.39, 0.29) is 18.3 Å².